The fraction of sp³-hybridized carbons (Fsp3) is 0.389. The molecule has 0 radical (unpaired) electrons. The first-order valence-corrected chi connectivity index (χ1v) is 7.59. The van der Waals surface area contributed by atoms with E-state index < -0.39 is 0 Å². The lowest BCUT2D eigenvalue weighted by Crippen LogP contribution is -2.43. The fourth-order valence-electron chi connectivity index (χ4n) is 3.18. The van der Waals surface area contributed by atoms with Crippen molar-refractivity contribution in [2.75, 3.05) is 6.54 Å². The molecule has 0 spiro atoms. The number of nitrogens with zero attached hydrogens (tertiary/aromatic N) is 1. The number of amides is 1. The smallest absolute Gasteiger partial charge is 0.254 e. The first-order valence-electron chi connectivity index (χ1n) is 7.59. The van der Waals surface area contributed by atoms with Crippen LogP contribution in [0.1, 0.15) is 43.0 Å². The minimum Gasteiger partial charge on any atom is -0.336 e. The molecular formula is C18H21NO. The summed E-state index contributed by atoms with van der Waals surface area (Å²) in [5.74, 6) is 0.197. The normalized spacial score (nSPS) is 19.2. The number of likely N-dealkylation sites (tertiary alicyclic amines) is 1. The first-order chi connectivity index (χ1) is 9.79. The highest BCUT2D eigenvalue weighted by Gasteiger charge is 2.26. The number of hydrogen-bond acceptors (Lipinski definition) is 1. The van der Waals surface area contributed by atoms with Crippen molar-refractivity contribution in [1.82, 2.24) is 4.90 Å². The Morgan fingerprint density at radius 2 is 1.95 bits per heavy atom. The maximum Gasteiger partial charge on any atom is 0.254 e. The molecule has 0 bridgehead atoms. The Labute approximate surface area is 120 Å². The summed E-state index contributed by atoms with van der Waals surface area (Å²) in [7, 11) is 0. The fourth-order valence-corrected chi connectivity index (χ4v) is 3.18. The van der Waals surface area contributed by atoms with E-state index in [-0.39, 0.29) is 5.91 Å². The highest BCUT2D eigenvalue weighted by molar-refractivity contribution is 5.98. The maximum atomic E-state index is 12.7. The second-order valence-corrected chi connectivity index (χ2v) is 5.62. The monoisotopic (exact) mass is 267 g/mol. The van der Waals surface area contributed by atoms with Gasteiger partial charge in [-0.25, -0.2) is 0 Å². The van der Waals surface area contributed by atoms with E-state index in [1.165, 1.54) is 11.8 Å². The van der Waals surface area contributed by atoms with Gasteiger partial charge in [-0.2, -0.15) is 0 Å². The Bertz CT molecular complexity index is 620. The van der Waals surface area contributed by atoms with Crippen LogP contribution in [0, 0.1) is 0 Å². The summed E-state index contributed by atoms with van der Waals surface area (Å²) in [4.78, 5) is 14.8. The lowest BCUT2D eigenvalue weighted by atomic mass is 9.98. The van der Waals surface area contributed by atoms with Gasteiger partial charge in [-0.15, -0.1) is 0 Å². The molecule has 2 aromatic rings. The molecule has 20 heavy (non-hydrogen) atoms. The summed E-state index contributed by atoms with van der Waals surface area (Å²) in [6.45, 7) is 3.08. The molecule has 0 aliphatic carbocycles. The van der Waals surface area contributed by atoms with Crippen LogP contribution in [-0.2, 0) is 0 Å². The molecule has 1 aliphatic rings. The molecule has 1 amide bonds. The molecule has 0 saturated carbocycles. The van der Waals surface area contributed by atoms with Crippen molar-refractivity contribution < 1.29 is 4.79 Å². The summed E-state index contributed by atoms with van der Waals surface area (Å²) in [5, 5.41) is 2.33. The van der Waals surface area contributed by atoms with Crippen LogP contribution in [0.15, 0.2) is 42.5 Å². The standard InChI is InChI=1S/C18H21NO/c1-2-17-9-5-6-12-19(17)18(20)16-11-10-14-7-3-4-8-15(14)13-16/h3-4,7-8,10-11,13,17H,2,5-6,9,12H2,1H3. The number of fused-ring (bicyclic) bond motifs is 1. The van der Waals surface area contributed by atoms with Crippen LogP contribution in [0.25, 0.3) is 10.8 Å². The molecule has 1 atom stereocenters. The molecule has 1 heterocycles. The molecule has 1 fully saturated rings. The second-order valence-electron chi connectivity index (χ2n) is 5.62. The Hall–Kier alpha value is -1.83. The van der Waals surface area contributed by atoms with Gasteiger partial charge < -0.3 is 4.90 Å². The average Bonchev–Trinajstić information content (AvgIpc) is 2.53. The molecule has 1 aliphatic heterocycles. The Balaban J connectivity index is 1.91. The predicted molar refractivity (Wildman–Crippen MR) is 82.9 cm³/mol. The van der Waals surface area contributed by atoms with E-state index in [2.05, 4.69) is 24.0 Å². The lowest BCUT2D eigenvalue weighted by Gasteiger charge is -2.35. The topological polar surface area (TPSA) is 20.3 Å². The third kappa shape index (κ3) is 2.43. The number of hydrogen-bond donors (Lipinski definition) is 0. The average molecular weight is 267 g/mol. The van der Waals surface area contributed by atoms with Gasteiger partial charge >= 0.3 is 0 Å². The summed E-state index contributed by atoms with van der Waals surface area (Å²) in [6.07, 6.45) is 4.59. The van der Waals surface area contributed by atoms with Crippen LogP contribution >= 0.6 is 0 Å². The number of rotatable bonds is 2. The highest BCUT2D eigenvalue weighted by atomic mass is 16.2. The largest absolute Gasteiger partial charge is 0.336 e. The third-order valence-corrected chi connectivity index (χ3v) is 4.36. The third-order valence-electron chi connectivity index (χ3n) is 4.36. The highest BCUT2D eigenvalue weighted by Crippen LogP contribution is 2.23. The zero-order valence-electron chi connectivity index (χ0n) is 12.0. The van der Waals surface area contributed by atoms with Gasteiger partial charge in [0.05, 0.1) is 0 Å². The minimum absolute atomic E-state index is 0.197. The van der Waals surface area contributed by atoms with Gasteiger partial charge in [-0.3, -0.25) is 4.79 Å². The van der Waals surface area contributed by atoms with E-state index in [1.807, 2.05) is 30.3 Å². The second kappa shape index (κ2) is 5.66. The van der Waals surface area contributed by atoms with Crippen molar-refractivity contribution in [3.05, 3.63) is 48.0 Å². The number of carbonyl (C=O) groups excluding carboxylic acids is 1. The molecular weight excluding hydrogens is 246 g/mol. The van der Waals surface area contributed by atoms with E-state index in [1.54, 1.807) is 0 Å². The number of benzene rings is 2. The molecule has 0 N–H and O–H groups in total. The summed E-state index contributed by atoms with van der Waals surface area (Å²) < 4.78 is 0. The van der Waals surface area contributed by atoms with E-state index in [0.29, 0.717) is 6.04 Å². The molecule has 1 unspecified atom stereocenters. The van der Waals surface area contributed by atoms with Gasteiger partial charge in [-0.1, -0.05) is 37.3 Å². The van der Waals surface area contributed by atoms with Crippen LogP contribution in [0.2, 0.25) is 0 Å². The number of piperidine rings is 1. The molecule has 3 rings (SSSR count). The molecule has 2 heteroatoms. The Morgan fingerprint density at radius 3 is 2.75 bits per heavy atom. The van der Waals surface area contributed by atoms with Crippen LogP contribution in [0.5, 0.6) is 0 Å². The van der Waals surface area contributed by atoms with Crippen molar-refractivity contribution >= 4 is 16.7 Å². The van der Waals surface area contributed by atoms with Gasteiger partial charge in [0, 0.05) is 18.2 Å². The van der Waals surface area contributed by atoms with Crippen LogP contribution in [0.3, 0.4) is 0 Å². The molecule has 104 valence electrons. The SMILES string of the molecule is CCC1CCCCN1C(=O)c1ccc2ccccc2c1. The number of carbonyl (C=O) groups is 1. The lowest BCUT2D eigenvalue weighted by molar-refractivity contribution is 0.0608. The molecule has 0 aromatic heterocycles. The van der Waals surface area contributed by atoms with E-state index >= 15 is 0 Å². The van der Waals surface area contributed by atoms with Crippen molar-refractivity contribution in [3.8, 4) is 0 Å². The zero-order valence-corrected chi connectivity index (χ0v) is 12.0. The summed E-state index contributed by atoms with van der Waals surface area (Å²) in [6, 6.07) is 14.7. The van der Waals surface area contributed by atoms with Crippen molar-refractivity contribution in [2.45, 2.75) is 38.6 Å². The summed E-state index contributed by atoms with van der Waals surface area (Å²) >= 11 is 0. The van der Waals surface area contributed by atoms with Gasteiger partial charge in [0.2, 0.25) is 0 Å². The Morgan fingerprint density at radius 1 is 1.15 bits per heavy atom. The maximum absolute atomic E-state index is 12.7. The first kappa shape index (κ1) is 13.2. The Kier molecular flexibility index (Phi) is 3.72. The van der Waals surface area contributed by atoms with Gasteiger partial charge in [0.1, 0.15) is 0 Å². The molecule has 1 saturated heterocycles. The van der Waals surface area contributed by atoms with Crippen molar-refractivity contribution in [3.63, 3.8) is 0 Å². The summed E-state index contributed by atoms with van der Waals surface area (Å²) in [5.41, 5.74) is 0.823. The van der Waals surface area contributed by atoms with Crippen LogP contribution in [-0.4, -0.2) is 23.4 Å². The van der Waals surface area contributed by atoms with Crippen LogP contribution in [0.4, 0.5) is 0 Å². The molecule has 2 aromatic carbocycles. The quantitative estimate of drug-likeness (QED) is 0.796. The van der Waals surface area contributed by atoms with E-state index in [4.69, 9.17) is 0 Å². The van der Waals surface area contributed by atoms with Gasteiger partial charge in [0.15, 0.2) is 0 Å². The van der Waals surface area contributed by atoms with E-state index in [0.717, 1.165) is 36.8 Å². The zero-order chi connectivity index (χ0) is 13.9. The van der Waals surface area contributed by atoms with Gasteiger partial charge in [-0.05, 0) is 48.6 Å². The van der Waals surface area contributed by atoms with E-state index in [9.17, 15) is 4.79 Å². The minimum atomic E-state index is 0.197. The van der Waals surface area contributed by atoms with Crippen molar-refractivity contribution in [2.24, 2.45) is 0 Å². The predicted octanol–water partition coefficient (Wildman–Crippen LogP) is 4.24. The van der Waals surface area contributed by atoms with Crippen LogP contribution < -0.4 is 0 Å². The van der Waals surface area contributed by atoms with Crippen molar-refractivity contribution in [1.29, 1.82) is 0 Å². The van der Waals surface area contributed by atoms with Gasteiger partial charge in [0.25, 0.3) is 5.91 Å². The molecule has 2 nitrogen and oxygen atoms in total.